The Bertz CT molecular complexity index is 921. The first-order chi connectivity index (χ1) is 14.1. The van der Waals surface area contributed by atoms with Gasteiger partial charge in [0.2, 0.25) is 0 Å². The summed E-state index contributed by atoms with van der Waals surface area (Å²) in [6.45, 7) is 6.31. The molecule has 0 radical (unpaired) electrons. The van der Waals surface area contributed by atoms with Crippen LogP contribution in [0.3, 0.4) is 0 Å². The van der Waals surface area contributed by atoms with Crippen LogP contribution >= 0.6 is 0 Å². The third-order valence-electron chi connectivity index (χ3n) is 5.25. The topological polar surface area (TPSA) is 43.0 Å². The summed E-state index contributed by atoms with van der Waals surface area (Å²) in [5.74, 6) is 1.57. The van der Waals surface area contributed by atoms with E-state index in [1.54, 1.807) is 7.11 Å². The molecule has 150 valence electrons. The van der Waals surface area contributed by atoms with Crippen LogP contribution in [0.25, 0.3) is 0 Å². The van der Waals surface area contributed by atoms with Crippen molar-refractivity contribution >= 4 is 0 Å². The van der Waals surface area contributed by atoms with Crippen molar-refractivity contribution in [3.63, 3.8) is 0 Å². The van der Waals surface area contributed by atoms with Gasteiger partial charge in [-0.2, -0.15) is 0 Å². The summed E-state index contributed by atoms with van der Waals surface area (Å²) >= 11 is 0. The summed E-state index contributed by atoms with van der Waals surface area (Å²) < 4.78 is 17.7. The van der Waals surface area contributed by atoms with Crippen molar-refractivity contribution in [2.24, 2.45) is 0 Å². The Morgan fingerprint density at radius 3 is 2.48 bits per heavy atom. The van der Waals surface area contributed by atoms with E-state index >= 15 is 0 Å². The largest absolute Gasteiger partial charge is 0.457 e. The Morgan fingerprint density at radius 1 is 1.10 bits per heavy atom. The molecule has 5 nitrogen and oxygen atoms in total. The van der Waals surface area contributed by atoms with Gasteiger partial charge in [-0.05, 0) is 55.7 Å². The molecule has 2 atom stereocenters. The predicted molar refractivity (Wildman–Crippen MR) is 113 cm³/mol. The van der Waals surface area contributed by atoms with Crippen LogP contribution in [0.15, 0.2) is 90.8 Å². The van der Waals surface area contributed by atoms with Gasteiger partial charge in [-0.1, -0.05) is 49.1 Å². The number of para-hydroxylation sites is 1. The lowest BCUT2D eigenvalue weighted by atomic mass is 9.93. The highest BCUT2D eigenvalue weighted by atomic mass is 16.7. The highest BCUT2D eigenvalue weighted by molar-refractivity contribution is 5.38. The van der Waals surface area contributed by atoms with Gasteiger partial charge < -0.3 is 14.2 Å². The second-order valence-corrected chi connectivity index (χ2v) is 7.22. The number of hydrogen-bond donors (Lipinski definition) is 1. The third kappa shape index (κ3) is 3.92. The predicted octanol–water partition coefficient (Wildman–Crippen LogP) is 5.21. The summed E-state index contributed by atoms with van der Waals surface area (Å²) in [7, 11) is 1.63. The average molecular weight is 390 g/mol. The van der Waals surface area contributed by atoms with Crippen LogP contribution in [0.1, 0.15) is 25.3 Å². The number of nitrogens with one attached hydrogen (secondary N) is 1. The number of nitrogens with zero attached hydrogens (tertiary/aromatic N) is 1. The van der Waals surface area contributed by atoms with Crippen molar-refractivity contribution in [3.8, 4) is 11.5 Å². The Labute approximate surface area is 171 Å². The van der Waals surface area contributed by atoms with Gasteiger partial charge in [0, 0.05) is 12.8 Å². The normalized spacial score (nSPS) is 23.8. The van der Waals surface area contributed by atoms with Crippen molar-refractivity contribution in [2.45, 2.75) is 31.8 Å². The van der Waals surface area contributed by atoms with Gasteiger partial charge in [0.25, 0.3) is 6.41 Å². The zero-order chi connectivity index (χ0) is 20.3. The zero-order valence-electron chi connectivity index (χ0n) is 16.8. The molecule has 0 amide bonds. The van der Waals surface area contributed by atoms with Crippen molar-refractivity contribution in [1.29, 1.82) is 0 Å². The van der Waals surface area contributed by atoms with Crippen LogP contribution in [-0.2, 0) is 15.1 Å². The van der Waals surface area contributed by atoms with Gasteiger partial charge in [0.1, 0.15) is 17.1 Å². The van der Waals surface area contributed by atoms with Gasteiger partial charge in [-0.3, -0.25) is 5.43 Å². The summed E-state index contributed by atoms with van der Waals surface area (Å²) in [5.41, 5.74) is 5.56. The number of hydrazine groups is 1. The quantitative estimate of drug-likeness (QED) is 0.734. The first-order valence-corrected chi connectivity index (χ1v) is 9.75. The average Bonchev–Trinajstić information content (AvgIpc) is 3.01. The molecule has 29 heavy (non-hydrogen) atoms. The first kappa shape index (κ1) is 19.3. The Balaban J connectivity index is 1.53. The Morgan fingerprint density at radius 2 is 1.83 bits per heavy atom. The minimum atomic E-state index is -0.718. The lowest BCUT2D eigenvalue weighted by molar-refractivity contribution is -0.200. The molecule has 2 aromatic carbocycles. The van der Waals surface area contributed by atoms with E-state index in [0.29, 0.717) is 0 Å². The molecule has 2 aliphatic rings. The second kappa shape index (κ2) is 8.15. The monoisotopic (exact) mass is 390 g/mol. The summed E-state index contributed by atoms with van der Waals surface area (Å²) in [6.07, 6.45) is 7.65. The zero-order valence-corrected chi connectivity index (χ0v) is 16.8. The number of allylic oxidation sites excluding steroid dienone is 4. The molecular formula is C24H26N2O3. The van der Waals surface area contributed by atoms with Crippen LogP contribution in [0.4, 0.5) is 0 Å². The fourth-order valence-corrected chi connectivity index (χ4v) is 3.50. The van der Waals surface area contributed by atoms with E-state index < -0.39 is 12.0 Å². The van der Waals surface area contributed by atoms with E-state index in [2.05, 4.69) is 30.2 Å². The number of ether oxygens (including phenoxy) is 3. The molecular weight excluding hydrogens is 364 g/mol. The van der Waals surface area contributed by atoms with Crippen molar-refractivity contribution in [2.75, 3.05) is 7.11 Å². The highest BCUT2D eigenvalue weighted by Gasteiger charge is 2.47. The maximum Gasteiger partial charge on any atom is 0.259 e. The molecule has 1 N–H and O–H groups in total. The second-order valence-electron chi connectivity index (χ2n) is 7.22. The maximum absolute atomic E-state index is 6.26. The number of benzene rings is 2. The minimum absolute atomic E-state index is 0.570. The van der Waals surface area contributed by atoms with E-state index in [1.807, 2.05) is 66.5 Å². The smallest absolute Gasteiger partial charge is 0.259 e. The molecule has 1 fully saturated rings. The van der Waals surface area contributed by atoms with Crippen molar-refractivity contribution in [3.05, 3.63) is 96.4 Å². The minimum Gasteiger partial charge on any atom is -0.457 e. The lowest BCUT2D eigenvalue weighted by Crippen LogP contribution is -2.41. The van der Waals surface area contributed by atoms with E-state index in [9.17, 15) is 0 Å². The summed E-state index contributed by atoms with van der Waals surface area (Å²) in [5, 5.41) is 1.86. The summed E-state index contributed by atoms with van der Waals surface area (Å²) in [6, 6.07) is 17.6. The fraction of sp³-hybridized carbons (Fsp3) is 0.250. The van der Waals surface area contributed by atoms with Crippen molar-refractivity contribution in [1.82, 2.24) is 10.4 Å². The van der Waals surface area contributed by atoms with Crippen LogP contribution in [0.2, 0.25) is 0 Å². The molecule has 5 heteroatoms. The SMILES string of the molecule is C=C1N(NC2=CC=CCC2)C(OC)OC1(C)c1ccc(Oc2ccccc2)cc1. The van der Waals surface area contributed by atoms with Gasteiger partial charge in [0.05, 0.1) is 5.70 Å². The van der Waals surface area contributed by atoms with E-state index in [1.165, 1.54) is 0 Å². The van der Waals surface area contributed by atoms with E-state index in [0.717, 1.165) is 41.3 Å². The first-order valence-electron chi connectivity index (χ1n) is 9.75. The van der Waals surface area contributed by atoms with Gasteiger partial charge in [0.15, 0.2) is 0 Å². The molecule has 2 unspecified atom stereocenters. The Kier molecular flexibility index (Phi) is 5.43. The van der Waals surface area contributed by atoms with Crippen LogP contribution in [0.5, 0.6) is 11.5 Å². The molecule has 2 aromatic rings. The van der Waals surface area contributed by atoms with Crippen molar-refractivity contribution < 1.29 is 14.2 Å². The molecule has 0 bridgehead atoms. The molecule has 1 aliphatic heterocycles. The number of methoxy groups -OCH3 is 1. The molecule has 1 saturated heterocycles. The molecule has 0 spiro atoms. The highest BCUT2D eigenvalue weighted by Crippen LogP contribution is 2.43. The fourth-order valence-electron chi connectivity index (χ4n) is 3.50. The number of rotatable bonds is 6. The van der Waals surface area contributed by atoms with Crippen LogP contribution in [-0.4, -0.2) is 18.5 Å². The van der Waals surface area contributed by atoms with E-state index in [4.69, 9.17) is 14.2 Å². The van der Waals surface area contributed by atoms with Crippen LogP contribution < -0.4 is 10.2 Å². The molecule has 1 aliphatic carbocycles. The molecule has 1 heterocycles. The van der Waals surface area contributed by atoms with Gasteiger partial charge >= 0.3 is 0 Å². The Hall–Kier alpha value is -3.02. The van der Waals surface area contributed by atoms with E-state index in [-0.39, 0.29) is 0 Å². The lowest BCUT2D eigenvalue weighted by Gasteiger charge is -2.28. The molecule has 0 aromatic heterocycles. The van der Waals surface area contributed by atoms with Gasteiger partial charge in [-0.15, -0.1) is 0 Å². The maximum atomic E-state index is 6.26. The standard InChI is InChI=1S/C24H26N2O3/c1-18-24(2,29-23(27-3)26(18)25-20-10-6-4-7-11-20)19-14-16-22(17-15-19)28-21-12-8-5-9-13-21/h4-6,8-10,12-17,23,25H,1,7,11H2,2-3H3. The van der Waals surface area contributed by atoms with Crippen LogP contribution in [0, 0.1) is 0 Å². The number of hydrogen-bond acceptors (Lipinski definition) is 5. The summed E-state index contributed by atoms with van der Waals surface area (Å²) in [4.78, 5) is 0. The third-order valence-corrected chi connectivity index (χ3v) is 5.25. The van der Waals surface area contributed by atoms with Gasteiger partial charge in [-0.25, -0.2) is 5.01 Å². The molecule has 4 rings (SSSR count). The molecule has 0 saturated carbocycles.